The van der Waals surface area contributed by atoms with Crippen LogP contribution in [-0.2, 0) is 17.9 Å². The minimum atomic E-state index is -0.130. The zero-order valence-corrected chi connectivity index (χ0v) is 18.6. The summed E-state index contributed by atoms with van der Waals surface area (Å²) in [5.41, 5.74) is 2.58. The highest BCUT2D eigenvalue weighted by molar-refractivity contribution is 5.34. The van der Waals surface area contributed by atoms with E-state index in [2.05, 4.69) is 20.8 Å². The lowest BCUT2D eigenvalue weighted by atomic mass is 9.88. The minimum absolute atomic E-state index is 0. The van der Waals surface area contributed by atoms with Crippen molar-refractivity contribution < 1.29 is 0 Å². The fraction of sp³-hybridized carbons (Fsp3) is 0.407. The van der Waals surface area contributed by atoms with Crippen molar-refractivity contribution in [3.8, 4) is 5.69 Å². The Morgan fingerprint density at radius 3 is 1.52 bits per heavy atom. The Hall–Kier alpha value is -2.88. The summed E-state index contributed by atoms with van der Waals surface area (Å²) < 4.78 is 3.31. The molecule has 0 unspecified atom stereocenters. The zero-order chi connectivity index (χ0) is 21.8. The third-order valence-electron chi connectivity index (χ3n) is 4.72. The van der Waals surface area contributed by atoms with Gasteiger partial charge >= 0.3 is 0 Å². The Morgan fingerprint density at radius 1 is 0.613 bits per heavy atom. The van der Waals surface area contributed by atoms with Gasteiger partial charge in [-0.25, -0.2) is 0 Å². The summed E-state index contributed by atoms with van der Waals surface area (Å²) >= 11 is 0. The fourth-order valence-corrected chi connectivity index (χ4v) is 3.02. The van der Waals surface area contributed by atoms with Crippen LogP contribution in [0.3, 0.4) is 0 Å². The molecule has 170 valence electrons. The van der Waals surface area contributed by atoms with Gasteiger partial charge in [0, 0.05) is 36.3 Å². The summed E-state index contributed by atoms with van der Waals surface area (Å²) in [6, 6.07) is 17.3. The molecule has 2 heterocycles. The molecule has 0 fully saturated rings. The highest BCUT2D eigenvalue weighted by Crippen LogP contribution is 2.19. The van der Waals surface area contributed by atoms with Crippen LogP contribution in [0.4, 0.5) is 0 Å². The zero-order valence-electron chi connectivity index (χ0n) is 18.6. The van der Waals surface area contributed by atoms with E-state index >= 15 is 0 Å². The maximum Gasteiger partial charge on any atom is 0.258 e. The van der Waals surface area contributed by atoms with E-state index < -0.39 is 0 Å². The molecule has 0 N–H and O–H groups in total. The molecule has 0 aliphatic rings. The molecule has 0 saturated carbocycles. The van der Waals surface area contributed by atoms with Gasteiger partial charge in [-0.2, -0.15) is 0 Å². The van der Waals surface area contributed by atoms with Gasteiger partial charge in [0.2, 0.25) is 0 Å². The van der Waals surface area contributed by atoms with Gasteiger partial charge in [-0.1, -0.05) is 86.7 Å². The summed E-state index contributed by atoms with van der Waals surface area (Å²) in [5.74, 6) is 0. The topological polar surface area (TPSA) is 44.0 Å². The van der Waals surface area contributed by atoms with E-state index in [-0.39, 0.29) is 36.8 Å². The van der Waals surface area contributed by atoms with Crippen molar-refractivity contribution in [2.24, 2.45) is 7.05 Å². The number of aryl methyl sites for hydroxylation is 1. The second kappa shape index (κ2) is 10.9. The number of benzene rings is 1. The molecule has 0 saturated heterocycles. The van der Waals surface area contributed by atoms with E-state index in [0.717, 1.165) is 16.8 Å². The molecule has 0 atom stereocenters. The molecule has 0 spiro atoms. The molecule has 0 aliphatic heterocycles. The summed E-state index contributed by atoms with van der Waals surface area (Å²) in [7, 11) is 1.78. The average Bonchev–Trinajstić information content (AvgIpc) is 2.63. The predicted octanol–water partition coefficient (Wildman–Crippen LogP) is 6.09. The number of hydrogen-bond acceptors (Lipinski definition) is 2. The molecule has 4 nitrogen and oxygen atoms in total. The molecule has 3 rings (SSSR count). The predicted molar refractivity (Wildman–Crippen MR) is 135 cm³/mol. The molecule has 4 heteroatoms. The van der Waals surface area contributed by atoms with Crippen LogP contribution < -0.4 is 11.1 Å². The number of rotatable bonds is 1. The van der Waals surface area contributed by atoms with Gasteiger partial charge < -0.3 is 4.57 Å². The highest BCUT2D eigenvalue weighted by Gasteiger charge is 2.19. The van der Waals surface area contributed by atoms with Crippen molar-refractivity contribution in [3.05, 3.63) is 98.8 Å². The van der Waals surface area contributed by atoms with E-state index in [1.165, 1.54) is 0 Å². The Morgan fingerprint density at radius 2 is 1.06 bits per heavy atom. The van der Waals surface area contributed by atoms with E-state index in [1.54, 1.807) is 22.4 Å². The first-order chi connectivity index (χ1) is 13.4. The number of nitrogens with zero attached hydrogens (tertiary/aromatic N) is 2. The first-order valence-corrected chi connectivity index (χ1v) is 9.86. The van der Waals surface area contributed by atoms with Gasteiger partial charge in [-0.05, 0) is 35.1 Å². The van der Waals surface area contributed by atoms with Crippen molar-refractivity contribution in [3.63, 3.8) is 0 Å². The van der Waals surface area contributed by atoms with E-state index in [0.29, 0.717) is 0 Å². The molecule has 1 aromatic carbocycles. The molecular formula is C27H40N2O2. The molecule has 31 heavy (non-hydrogen) atoms. The molecule has 0 bridgehead atoms. The Labute approximate surface area is 188 Å². The quantitative estimate of drug-likeness (QED) is 0.474. The van der Waals surface area contributed by atoms with E-state index in [4.69, 9.17) is 0 Å². The summed E-state index contributed by atoms with van der Waals surface area (Å²) in [6.45, 7) is 12.3. The number of hydrogen-bond donors (Lipinski definition) is 0. The van der Waals surface area contributed by atoms with E-state index in [9.17, 15) is 9.59 Å². The van der Waals surface area contributed by atoms with Crippen LogP contribution in [0.15, 0.2) is 76.6 Å². The highest BCUT2D eigenvalue weighted by atomic mass is 16.1. The third-order valence-corrected chi connectivity index (χ3v) is 4.72. The van der Waals surface area contributed by atoms with Crippen LogP contribution in [0.5, 0.6) is 0 Å². The van der Waals surface area contributed by atoms with Crippen LogP contribution in [0, 0.1) is 0 Å². The van der Waals surface area contributed by atoms with Crippen molar-refractivity contribution in [1.82, 2.24) is 9.13 Å². The molecule has 0 aliphatic carbocycles. The first-order valence-electron chi connectivity index (χ1n) is 9.86. The van der Waals surface area contributed by atoms with E-state index in [1.807, 2.05) is 81.6 Å². The standard InChI is InChI=1S/C15H17NO.C10H15NO.2CH4/c1-15(2,3)13-10-7-11-16(14(13)17)12-8-5-4-6-9-12;1-10(2,3)8-6-5-7-11(4)9(8)12;;/h4-11H,1-3H3;5-7H,1-4H3;2*1H4. The van der Waals surface area contributed by atoms with Crippen LogP contribution in [0.25, 0.3) is 5.69 Å². The second-order valence-electron chi connectivity index (χ2n) is 9.27. The Balaban J connectivity index is 0.000000575. The van der Waals surface area contributed by atoms with Gasteiger partial charge in [0.15, 0.2) is 0 Å². The molecule has 3 aromatic rings. The maximum atomic E-state index is 12.4. The number of para-hydroxylation sites is 1. The van der Waals surface area contributed by atoms with Crippen LogP contribution in [-0.4, -0.2) is 9.13 Å². The molecule has 0 radical (unpaired) electrons. The van der Waals surface area contributed by atoms with Gasteiger partial charge in [0.1, 0.15) is 0 Å². The van der Waals surface area contributed by atoms with Crippen LogP contribution >= 0.6 is 0 Å². The lowest BCUT2D eigenvalue weighted by Crippen LogP contribution is -2.28. The molecule has 0 amide bonds. The Bertz CT molecular complexity index is 1060. The average molecular weight is 425 g/mol. The maximum absolute atomic E-state index is 12.4. The van der Waals surface area contributed by atoms with Gasteiger partial charge in [0.05, 0.1) is 0 Å². The van der Waals surface area contributed by atoms with Crippen LogP contribution in [0.2, 0.25) is 0 Å². The molecular weight excluding hydrogens is 384 g/mol. The smallest absolute Gasteiger partial charge is 0.258 e. The van der Waals surface area contributed by atoms with Gasteiger partial charge in [-0.3, -0.25) is 14.2 Å². The van der Waals surface area contributed by atoms with Crippen molar-refractivity contribution >= 4 is 0 Å². The number of aromatic nitrogens is 2. The lowest BCUT2D eigenvalue weighted by Gasteiger charge is -2.19. The number of pyridine rings is 2. The normalized spacial score (nSPS) is 10.8. The monoisotopic (exact) mass is 424 g/mol. The largest absolute Gasteiger partial charge is 0.318 e. The fourth-order valence-electron chi connectivity index (χ4n) is 3.02. The van der Waals surface area contributed by atoms with Gasteiger partial charge in [0.25, 0.3) is 11.1 Å². The third kappa shape index (κ3) is 7.09. The van der Waals surface area contributed by atoms with Crippen molar-refractivity contribution in [2.75, 3.05) is 0 Å². The summed E-state index contributed by atoms with van der Waals surface area (Å²) in [5, 5.41) is 0. The second-order valence-corrected chi connectivity index (χ2v) is 9.27. The summed E-state index contributed by atoms with van der Waals surface area (Å²) in [6.07, 6.45) is 3.59. The van der Waals surface area contributed by atoms with Crippen LogP contribution in [0.1, 0.15) is 67.5 Å². The van der Waals surface area contributed by atoms with Gasteiger partial charge in [-0.15, -0.1) is 0 Å². The minimum Gasteiger partial charge on any atom is -0.318 e. The van der Waals surface area contributed by atoms with Crippen molar-refractivity contribution in [2.45, 2.75) is 67.2 Å². The SMILES string of the molecule is C.C.CC(C)(C)c1cccn(-c2ccccc2)c1=O.Cn1cccc(C(C)(C)C)c1=O. The van der Waals surface area contributed by atoms with Crippen molar-refractivity contribution in [1.29, 1.82) is 0 Å². The lowest BCUT2D eigenvalue weighted by molar-refractivity contribution is 0.573. The Kier molecular flexibility index (Phi) is 9.93. The summed E-state index contributed by atoms with van der Waals surface area (Å²) in [4.78, 5) is 24.0. The first kappa shape index (κ1) is 28.1. The molecule has 2 aromatic heterocycles.